The van der Waals surface area contributed by atoms with Crippen molar-refractivity contribution in [2.24, 2.45) is 0 Å². The molecule has 0 saturated carbocycles. The van der Waals surface area contributed by atoms with Crippen LogP contribution in [-0.4, -0.2) is 37.0 Å². The Bertz CT molecular complexity index is 1210. The van der Waals surface area contributed by atoms with Crippen LogP contribution in [0.1, 0.15) is 11.4 Å². The van der Waals surface area contributed by atoms with Crippen LogP contribution in [0.25, 0.3) is 22.8 Å². The quantitative estimate of drug-likeness (QED) is 0.487. The molecule has 1 aromatic carbocycles. The van der Waals surface area contributed by atoms with Crippen LogP contribution in [0.5, 0.6) is 5.75 Å². The van der Waals surface area contributed by atoms with E-state index in [-0.39, 0.29) is 17.3 Å². The maximum Gasteiger partial charge on any atom is 0.433 e. The van der Waals surface area contributed by atoms with Gasteiger partial charge in [-0.2, -0.15) is 13.2 Å². The van der Waals surface area contributed by atoms with Gasteiger partial charge in [-0.05, 0) is 25.1 Å². The first-order valence-corrected chi connectivity index (χ1v) is 9.03. The zero-order valence-electron chi connectivity index (χ0n) is 16.4. The molecule has 3 heterocycles. The van der Waals surface area contributed by atoms with Gasteiger partial charge in [0.25, 0.3) is 0 Å². The molecule has 31 heavy (non-hydrogen) atoms. The number of alkyl halides is 3. The lowest BCUT2D eigenvalue weighted by molar-refractivity contribution is -0.141. The fourth-order valence-corrected chi connectivity index (χ4v) is 2.86. The Morgan fingerprint density at radius 1 is 1.03 bits per heavy atom. The number of aromatic nitrogens is 6. The zero-order chi connectivity index (χ0) is 22.0. The number of nitrogens with zero attached hydrogens (tertiary/aromatic N) is 5. The smallest absolute Gasteiger partial charge is 0.433 e. The average molecular weight is 427 g/mol. The molecule has 0 aliphatic rings. The number of hydrogen-bond donors (Lipinski definition) is 2. The molecule has 0 spiro atoms. The number of H-pyrrole nitrogens is 1. The van der Waals surface area contributed by atoms with Gasteiger partial charge in [0.05, 0.1) is 30.3 Å². The number of methoxy groups -OCH3 is 1. The molecule has 0 radical (unpaired) electrons. The topological polar surface area (TPSA) is 102 Å². The van der Waals surface area contributed by atoms with E-state index < -0.39 is 11.9 Å². The molecule has 11 heteroatoms. The Hall–Kier alpha value is -4.02. The summed E-state index contributed by atoms with van der Waals surface area (Å²) in [5.41, 5.74) is 1.04. The van der Waals surface area contributed by atoms with Gasteiger partial charge in [-0.1, -0.05) is 0 Å². The van der Waals surface area contributed by atoms with Crippen LogP contribution in [0, 0.1) is 6.92 Å². The molecular weight excluding hydrogens is 411 g/mol. The van der Waals surface area contributed by atoms with Crippen molar-refractivity contribution in [3.8, 4) is 28.5 Å². The van der Waals surface area contributed by atoms with Gasteiger partial charge >= 0.3 is 6.18 Å². The van der Waals surface area contributed by atoms with E-state index in [4.69, 9.17) is 4.74 Å². The number of aromatic amines is 1. The molecule has 0 amide bonds. The lowest BCUT2D eigenvalue weighted by Gasteiger charge is -2.13. The van der Waals surface area contributed by atoms with E-state index in [2.05, 4.69) is 35.2 Å². The molecule has 0 aliphatic carbocycles. The van der Waals surface area contributed by atoms with E-state index in [9.17, 15) is 13.2 Å². The highest BCUT2D eigenvalue weighted by molar-refractivity contribution is 5.70. The van der Waals surface area contributed by atoms with Crippen LogP contribution in [0.4, 0.5) is 24.8 Å². The summed E-state index contributed by atoms with van der Waals surface area (Å²) in [6.07, 6.45) is 1.22. The number of rotatable bonds is 5. The van der Waals surface area contributed by atoms with Crippen molar-refractivity contribution in [2.45, 2.75) is 13.1 Å². The zero-order valence-corrected chi connectivity index (χ0v) is 16.4. The summed E-state index contributed by atoms with van der Waals surface area (Å²) in [7, 11) is 1.49. The minimum atomic E-state index is -4.66. The molecule has 8 nitrogen and oxygen atoms in total. The first kappa shape index (κ1) is 20.3. The number of imidazole rings is 1. The second-order valence-electron chi connectivity index (χ2n) is 6.48. The normalized spacial score (nSPS) is 11.4. The highest BCUT2D eigenvalue weighted by Crippen LogP contribution is 2.33. The lowest BCUT2D eigenvalue weighted by atomic mass is 10.1. The molecule has 158 valence electrons. The van der Waals surface area contributed by atoms with Crippen molar-refractivity contribution >= 4 is 11.6 Å². The van der Waals surface area contributed by atoms with E-state index in [0.29, 0.717) is 22.8 Å². The molecule has 3 aromatic heterocycles. The van der Waals surface area contributed by atoms with Gasteiger partial charge in [-0.25, -0.2) is 15.0 Å². The molecule has 0 fully saturated rings. The summed E-state index contributed by atoms with van der Waals surface area (Å²) in [5.74, 6) is 0.848. The van der Waals surface area contributed by atoms with E-state index >= 15 is 0 Å². The fourth-order valence-electron chi connectivity index (χ4n) is 2.86. The van der Waals surface area contributed by atoms with Crippen LogP contribution in [0.15, 0.2) is 49.1 Å². The van der Waals surface area contributed by atoms with Crippen LogP contribution in [-0.2, 0) is 6.18 Å². The summed E-state index contributed by atoms with van der Waals surface area (Å²) < 4.78 is 45.6. The minimum Gasteiger partial charge on any atom is -0.496 e. The highest BCUT2D eigenvalue weighted by Gasteiger charge is 2.34. The maximum atomic E-state index is 13.4. The summed E-state index contributed by atoms with van der Waals surface area (Å²) in [4.78, 5) is 23.1. The number of anilines is 2. The van der Waals surface area contributed by atoms with Crippen molar-refractivity contribution in [3.63, 3.8) is 0 Å². The summed E-state index contributed by atoms with van der Waals surface area (Å²) in [6.45, 7) is 1.85. The Balaban J connectivity index is 1.71. The SMILES string of the molecule is COc1cc(Nc2nc(-c3cnccn3)cc(C(F)(F)F)n2)ccc1-c1nc(C)c[nH]1. The fraction of sp³-hybridized carbons (Fsp3) is 0.150. The molecule has 2 N–H and O–H groups in total. The molecule has 0 aliphatic heterocycles. The first-order valence-electron chi connectivity index (χ1n) is 9.03. The third-order valence-corrected chi connectivity index (χ3v) is 4.26. The monoisotopic (exact) mass is 427 g/mol. The lowest BCUT2D eigenvalue weighted by Crippen LogP contribution is -2.11. The van der Waals surface area contributed by atoms with E-state index in [0.717, 1.165) is 11.8 Å². The third kappa shape index (κ3) is 4.44. The number of benzene rings is 1. The Kier molecular flexibility index (Phi) is 5.24. The molecular formula is C20H16F3N7O. The van der Waals surface area contributed by atoms with Crippen LogP contribution in [0.3, 0.4) is 0 Å². The molecule has 0 atom stereocenters. The Morgan fingerprint density at radius 2 is 1.87 bits per heavy atom. The maximum absolute atomic E-state index is 13.4. The van der Waals surface area contributed by atoms with Crippen LogP contribution in [0.2, 0.25) is 0 Å². The summed E-state index contributed by atoms with van der Waals surface area (Å²) in [6, 6.07) is 5.86. The summed E-state index contributed by atoms with van der Waals surface area (Å²) in [5, 5.41) is 2.80. The standard InChI is InChI=1S/C20H16F3N7O/c1-11-9-26-18(27-11)13-4-3-12(7-16(13)31-2)28-19-29-14(15-10-24-5-6-25-15)8-17(30-19)20(21,22)23/h3-10H,1-2H3,(H,26,27)(H,28,29,30). The van der Waals surface area contributed by atoms with Crippen molar-refractivity contribution < 1.29 is 17.9 Å². The van der Waals surface area contributed by atoms with Gasteiger partial charge in [0.1, 0.15) is 17.3 Å². The van der Waals surface area contributed by atoms with Crippen molar-refractivity contribution in [1.29, 1.82) is 0 Å². The third-order valence-electron chi connectivity index (χ3n) is 4.26. The molecule has 0 bridgehead atoms. The highest BCUT2D eigenvalue weighted by atomic mass is 19.4. The number of hydrogen-bond acceptors (Lipinski definition) is 7. The van der Waals surface area contributed by atoms with Gasteiger partial charge in [0.15, 0.2) is 5.69 Å². The van der Waals surface area contributed by atoms with Crippen LogP contribution >= 0.6 is 0 Å². The van der Waals surface area contributed by atoms with Crippen LogP contribution < -0.4 is 10.1 Å². The number of halogens is 3. The number of nitrogens with one attached hydrogen (secondary N) is 2. The second-order valence-corrected chi connectivity index (χ2v) is 6.48. The minimum absolute atomic E-state index is 0.00688. The van der Waals surface area contributed by atoms with Gasteiger partial charge in [-0.15, -0.1) is 0 Å². The van der Waals surface area contributed by atoms with Gasteiger partial charge in [0.2, 0.25) is 5.95 Å². The predicted molar refractivity (Wildman–Crippen MR) is 107 cm³/mol. The second kappa shape index (κ2) is 8.01. The van der Waals surface area contributed by atoms with E-state index in [1.807, 2.05) is 6.92 Å². The van der Waals surface area contributed by atoms with Crippen molar-refractivity contribution in [1.82, 2.24) is 29.9 Å². The molecule has 4 rings (SSSR count). The Morgan fingerprint density at radius 3 is 2.52 bits per heavy atom. The number of ether oxygens (including phenoxy) is 1. The summed E-state index contributed by atoms with van der Waals surface area (Å²) >= 11 is 0. The largest absolute Gasteiger partial charge is 0.496 e. The molecule has 0 saturated heterocycles. The van der Waals surface area contributed by atoms with Crippen molar-refractivity contribution in [2.75, 3.05) is 12.4 Å². The van der Waals surface area contributed by atoms with Crippen molar-refractivity contribution in [3.05, 3.63) is 60.4 Å². The Labute approximate surface area is 174 Å². The van der Waals surface area contributed by atoms with Gasteiger partial charge in [0, 0.05) is 30.3 Å². The van der Waals surface area contributed by atoms with E-state index in [1.54, 1.807) is 24.4 Å². The molecule has 4 aromatic rings. The first-order chi connectivity index (χ1) is 14.8. The predicted octanol–water partition coefficient (Wildman–Crippen LogP) is 4.40. The number of aryl methyl sites for hydroxylation is 1. The molecule has 0 unspecified atom stereocenters. The van der Waals surface area contributed by atoms with E-state index in [1.165, 1.54) is 25.7 Å². The van der Waals surface area contributed by atoms with Gasteiger partial charge in [-0.3, -0.25) is 9.97 Å². The van der Waals surface area contributed by atoms with Gasteiger partial charge < -0.3 is 15.0 Å². The average Bonchev–Trinajstić information content (AvgIpc) is 3.19.